The van der Waals surface area contributed by atoms with E-state index in [1.165, 1.54) is 48.5 Å². The van der Waals surface area contributed by atoms with Crippen LogP contribution in [0.3, 0.4) is 0 Å². The molecule has 0 spiro atoms. The van der Waals surface area contributed by atoms with Gasteiger partial charge in [-0.25, -0.2) is 8.78 Å². The second-order valence-electron chi connectivity index (χ2n) is 8.86. The molecule has 2 aromatic carbocycles. The van der Waals surface area contributed by atoms with Gasteiger partial charge >= 0.3 is 0 Å². The van der Waals surface area contributed by atoms with Crippen LogP contribution in [0, 0.1) is 23.0 Å². The first-order valence-electron chi connectivity index (χ1n) is 11.3. The number of rotatable bonds is 8. The van der Waals surface area contributed by atoms with Gasteiger partial charge in [0, 0.05) is 66.2 Å². The molecule has 2 N–H and O–H groups in total. The van der Waals surface area contributed by atoms with E-state index in [4.69, 9.17) is 17.0 Å². The summed E-state index contributed by atoms with van der Waals surface area (Å²) in [6, 6.07) is 9.26. The van der Waals surface area contributed by atoms with Crippen LogP contribution in [-0.4, -0.2) is 37.7 Å². The maximum atomic E-state index is 15.1. The second-order valence-corrected chi connectivity index (χ2v) is 9.27. The quantitative estimate of drug-likeness (QED) is 0.293. The molecule has 1 heterocycles. The first-order chi connectivity index (χ1) is 16.9. The van der Waals surface area contributed by atoms with E-state index < -0.39 is 35.2 Å². The Kier molecular flexibility index (Phi) is 8.31. The molecule has 0 aliphatic carbocycles. The molecule has 0 fully saturated rings. The summed E-state index contributed by atoms with van der Waals surface area (Å²) in [6.07, 6.45) is 2.29. The van der Waals surface area contributed by atoms with Crippen molar-refractivity contribution >= 4 is 23.5 Å². The maximum absolute atomic E-state index is 15.1. The van der Waals surface area contributed by atoms with Crippen LogP contribution in [0.15, 0.2) is 77.8 Å². The van der Waals surface area contributed by atoms with Crippen LogP contribution in [0.25, 0.3) is 0 Å². The van der Waals surface area contributed by atoms with Gasteiger partial charge in [-0.2, -0.15) is 8.78 Å². The number of alkyl halides is 2. The van der Waals surface area contributed by atoms with Crippen molar-refractivity contribution in [3.05, 3.63) is 100 Å². The van der Waals surface area contributed by atoms with Crippen LogP contribution in [0.5, 0.6) is 0 Å². The molecule has 3 rings (SSSR count). The number of halogens is 5. The lowest BCUT2D eigenvalue weighted by Gasteiger charge is -2.42. The highest BCUT2D eigenvalue weighted by Gasteiger charge is 2.40. The smallest absolute Gasteiger partial charge is 0.285 e. The summed E-state index contributed by atoms with van der Waals surface area (Å²) >= 11 is 6.37. The molecule has 1 aliphatic rings. The fourth-order valence-electron chi connectivity index (χ4n) is 4.89. The fraction of sp³-hybridized carbons (Fsp3) is 0.296. The van der Waals surface area contributed by atoms with Crippen molar-refractivity contribution in [3.63, 3.8) is 0 Å². The van der Waals surface area contributed by atoms with Gasteiger partial charge in [0.05, 0.1) is 5.70 Å². The number of allylic oxidation sites excluding steroid dienone is 1. The predicted molar refractivity (Wildman–Crippen MR) is 138 cm³/mol. The minimum atomic E-state index is -3.38. The molecule has 2 unspecified atom stereocenters. The summed E-state index contributed by atoms with van der Waals surface area (Å²) in [5.41, 5.74) is 0.941. The molecule has 0 saturated heterocycles. The zero-order valence-electron chi connectivity index (χ0n) is 20.5. The number of nitrogens with zero attached hydrogens (tertiary/aromatic N) is 2. The predicted octanol–water partition coefficient (Wildman–Crippen LogP) is 6.92. The van der Waals surface area contributed by atoms with Crippen LogP contribution in [0.4, 0.5) is 23.2 Å². The van der Waals surface area contributed by atoms with E-state index in [0.717, 1.165) is 19.2 Å². The molecule has 0 bridgehead atoms. The minimum Gasteiger partial charge on any atom is -0.365 e. The van der Waals surface area contributed by atoms with E-state index in [1.807, 2.05) is 11.8 Å². The van der Waals surface area contributed by atoms with Gasteiger partial charge in [0.2, 0.25) is 0 Å². The Balaban J connectivity index is 2.28. The lowest BCUT2D eigenvalue weighted by molar-refractivity contribution is 0.0603. The van der Waals surface area contributed by atoms with Crippen molar-refractivity contribution in [2.75, 3.05) is 25.5 Å². The summed E-state index contributed by atoms with van der Waals surface area (Å²) in [4.78, 5) is 3.00. The van der Waals surface area contributed by atoms with E-state index >= 15 is 8.78 Å². The molecule has 2 aromatic rings. The molecule has 0 saturated carbocycles. The Morgan fingerprint density at radius 1 is 1.25 bits per heavy atom. The van der Waals surface area contributed by atoms with Crippen LogP contribution >= 0.6 is 11.6 Å². The molecule has 0 aromatic heterocycles. The van der Waals surface area contributed by atoms with Gasteiger partial charge in [0.1, 0.15) is 11.6 Å². The van der Waals surface area contributed by atoms with Crippen LogP contribution < -0.4 is 10.2 Å². The minimum absolute atomic E-state index is 0.0320. The van der Waals surface area contributed by atoms with E-state index in [-0.39, 0.29) is 22.8 Å². The molecule has 36 heavy (non-hydrogen) atoms. The number of anilines is 1. The Labute approximate surface area is 214 Å². The monoisotopic (exact) mass is 520 g/mol. The van der Waals surface area contributed by atoms with Crippen molar-refractivity contribution in [3.8, 4) is 0 Å². The average molecular weight is 521 g/mol. The Hall–Kier alpha value is -3.10. The zero-order chi connectivity index (χ0) is 26.8. The maximum Gasteiger partial charge on any atom is 0.285 e. The first kappa shape index (κ1) is 27.5. The largest absolute Gasteiger partial charge is 0.365 e. The van der Waals surface area contributed by atoms with Crippen molar-refractivity contribution < 1.29 is 17.6 Å². The molecule has 0 radical (unpaired) electrons. The van der Waals surface area contributed by atoms with Crippen molar-refractivity contribution in [1.29, 1.82) is 5.41 Å². The Bertz CT molecular complexity index is 1200. The Morgan fingerprint density at radius 2 is 1.92 bits per heavy atom. The molecule has 0 amide bonds. The standard InChI is InChI=1S/C27H29ClF4N4/c1-6-34-24-16(2)25(23-21(28)11-8-12-22(23)30)35(4)15-20(24)19(14-33)26(27(3,31)32)36(5)18-10-7-9-17(29)13-18/h6-14,16,25,33-34H,1,15H2,2-5H3/b26-19+,33-14?. The van der Waals surface area contributed by atoms with Gasteiger partial charge < -0.3 is 15.6 Å². The van der Waals surface area contributed by atoms with Gasteiger partial charge in [-0.3, -0.25) is 4.90 Å². The fourth-order valence-corrected chi connectivity index (χ4v) is 5.17. The second kappa shape index (κ2) is 10.9. The Morgan fingerprint density at radius 3 is 2.47 bits per heavy atom. The number of hydrogen-bond donors (Lipinski definition) is 2. The number of hydrogen-bond acceptors (Lipinski definition) is 4. The SMILES string of the molecule is C=CNC1=C(/C(C=N)=C(/N(C)c2cccc(F)c2)C(C)(F)F)CN(C)C(c2c(F)cccc2Cl)C1C. The summed E-state index contributed by atoms with van der Waals surface area (Å²) in [6.45, 7) is 6.39. The van der Waals surface area contributed by atoms with Crippen LogP contribution in [0.2, 0.25) is 5.02 Å². The summed E-state index contributed by atoms with van der Waals surface area (Å²) in [7, 11) is 3.15. The third kappa shape index (κ3) is 5.34. The van der Waals surface area contributed by atoms with Crippen LogP contribution in [-0.2, 0) is 0 Å². The molecular formula is C27H29ClF4N4. The lowest BCUT2D eigenvalue weighted by atomic mass is 9.82. The van der Waals surface area contributed by atoms with E-state index in [9.17, 15) is 8.78 Å². The number of likely N-dealkylation sites (N-methyl/N-ethyl adjacent to an activating group) is 1. The lowest BCUT2D eigenvalue weighted by Crippen LogP contribution is -2.42. The highest BCUT2D eigenvalue weighted by atomic mass is 35.5. The van der Waals surface area contributed by atoms with Gasteiger partial charge in [-0.15, -0.1) is 0 Å². The first-order valence-corrected chi connectivity index (χ1v) is 11.7. The van der Waals surface area contributed by atoms with Crippen LogP contribution in [0.1, 0.15) is 25.5 Å². The molecule has 2 atom stereocenters. The topological polar surface area (TPSA) is 42.4 Å². The van der Waals surface area contributed by atoms with Crippen molar-refractivity contribution in [2.24, 2.45) is 5.92 Å². The van der Waals surface area contributed by atoms with E-state index in [1.54, 1.807) is 13.1 Å². The molecule has 4 nitrogen and oxygen atoms in total. The summed E-state index contributed by atoms with van der Waals surface area (Å²) in [5.74, 6) is -4.86. The summed E-state index contributed by atoms with van der Waals surface area (Å²) in [5, 5.41) is 11.4. The number of nitrogens with one attached hydrogen (secondary N) is 2. The van der Waals surface area contributed by atoms with E-state index in [2.05, 4.69) is 11.9 Å². The average Bonchev–Trinajstić information content (AvgIpc) is 2.80. The molecule has 1 aliphatic heterocycles. The third-order valence-electron chi connectivity index (χ3n) is 6.36. The van der Waals surface area contributed by atoms with Crippen molar-refractivity contribution in [2.45, 2.75) is 25.8 Å². The molecule has 192 valence electrons. The van der Waals surface area contributed by atoms with E-state index in [0.29, 0.717) is 16.8 Å². The van der Waals surface area contributed by atoms with Crippen molar-refractivity contribution in [1.82, 2.24) is 10.2 Å². The molecular weight excluding hydrogens is 492 g/mol. The summed E-state index contributed by atoms with van der Waals surface area (Å²) < 4.78 is 59.0. The van der Waals surface area contributed by atoms with Gasteiger partial charge in [-0.1, -0.05) is 37.2 Å². The number of benzene rings is 2. The normalized spacial score (nSPS) is 19.6. The molecule has 9 heteroatoms. The van der Waals surface area contributed by atoms with Gasteiger partial charge in [-0.05, 0) is 49.2 Å². The zero-order valence-corrected chi connectivity index (χ0v) is 21.3. The highest BCUT2D eigenvalue weighted by Crippen LogP contribution is 2.44. The van der Waals surface area contributed by atoms with Gasteiger partial charge in [0.15, 0.2) is 0 Å². The highest BCUT2D eigenvalue weighted by molar-refractivity contribution is 6.31. The third-order valence-corrected chi connectivity index (χ3v) is 6.69. The van der Waals surface area contributed by atoms with Gasteiger partial charge in [0.25, 0.3) is 5.92 Å².